The average molecular weight is 624 g/mol. The number of aromatic nitrogens is 3. The van der Waals surface area contributed by atoms with Gasteiger partial charge >= 0.3 is 0 Å². The predicted octanol–water partition coefficient (Wildman–Crippen LogP) is 3.88. The number of benzene rings is 1. The van der Waals surface area contributed by atoms with Crippen LogP contribution in [0.25, 0.3) is 5.82 Å². The molecule has 0 spiro atoms. The van der Waals surface area contributed by atoms with Gasteiger partial charge in [0.25, 0.3) is 17.7 Å². The van der Waals surface area contributed by atoms with Crippen LogP contribution in [-0.2, 0) is 9.63 Å². The molecule has 0 radical (unpaired) electrons. The van der Waals surface area contributed by atoms with E-state index in [2.05, 4.69) is 36.6 Å². The van der Waals surface area contributed by atoms with Gasteiger partial charge in [-0.2, -0.15) is 0 Å². The maximum atomic E-state index is 13.4. The van der Waals surface area contributed by atoms with E-state index in [9.17, 15) is 14.4 Å². The lowest BCUT2D eigenvalue weighted by Gasteiger charge is -2.16. The fourth-order valence-electron chi connectivity index (χ4n) is 3.86. The van der Waals surface area contributed by atoms with Crippen molar-refractivity contribution in [1.29, 1.82) is 0 Å². The molecule has 0 bridgehead atoms. The van der Waals surface area contributed by atoms with Crippen molar-refractivity contribution in [1.82, 2.24) is 25.1 Å². The Morgan fingerprint density at radius 1 is 1.24 bits per heavy atom. The molecule has 14 heteroatoms. The number of hydroxylamine groups is 2. The molecule has 198 valence electrons. The van der Waals surface area contributed by atoms with E-state index in [-0.39, 0.29) is 51.2 Å². The smallest absolute Gasteiger partial charge is 0.274 e. The van der Waals surface area contributed by atoms with Crippen LogP contribution in [0.3, 0.4) is 0 Å². The van der Waals surface area contributed by atoms with Crippen LogP contribution in [-0.4, -0.2) is 63.9 Å². The highest BCUT2D eigenvalue weighted by molar-refractivity contribution is 9.10. The third kappa shape index (κ3) is 5.48. The van der Waals surface area contributed by atoms with Gasteiger partial charge in [-0.15, -0.1) is 5.10 Å². The SMILES string of the molecule is COc1cc(C(=O)Nc2c(Br)cc(Cl)cc2C(=O)NC2CON(CC3CC3)C2=O)n(-c2ncccc2Cl)n1. The fraction of sp³-hybridized carbons (Fsp3) is 0.292. The first kappa shape index (κ1) is 26.4. The maximum Gasteiger partial charge on any atom is 0.274 e. The van der Waals surface area contributed by atoms with Crippen molar-refractivity contribution in [3.63, 3.8) is 0 Å². The van der Waals surface area contributed by atoms with Crippen molar-refractivity contribution in [3.8, 4) is 11.7 Å². The zero-order chi connectivity index (χ0) is 27.0. The van der Waals surface area contributed by atoms with Gasteiger partial charge in [-0.1, -0.05) is 23.2 Å². The molecule has 1 aromatic carbocycles. The van der Waals surface area contributed by atoms with Gasteiger partial charge in [0.05, 0.1) is 29.9 Å². The van der Waals surface area contributed by atoms with Crippen molar-refractivity contribution in [2.24, 2.45) is 5.92 Å². The second-order valence-electron chi connectivity index (χ2n) is 8.72. The van der Waals surface area contributed by atoms with E-state index in [0.717, 1.165) is 12.8 Å². The molecule has 1 unspecified atom stereocenters. The monoisotopic (exact) mass is 622 g/mol. The number of carbonyl (C=O) groups excluding carboxylic acids is 3. The molecule has 1 atom stereocenters. The van der Waals surface area contributed by atoms with E-state index in [1.807, 2.05) is 0 Å². The molecule has 3 heterocycles. The average Bonchev–Trinajstić information content (AvgIpc) is 3.51. The molecular formula is C24H21BrCl2N6O5. The van der Waals surface area contributed by atoms with Crippen LogP contribution >= 0.6 is 39.1 Å². The molecule has 1 aliphatic carbocycles. The molecule has 11 nitrogen and oxygen atoms in total. The van der Waals surface area contributed by atoms with Crippen molar-refractivity contribution < 1.29 is 24.0 Å². The summed E-state index contributed by atoms with van der Waals surface area (Å²) >= 11 is 15.9. The molecule has 1 aliphatic heterocycles. The summed E-state index contributed by atoms with van der Waals surface area (Å²) in [4.78, 5) is 49.1. The highest BCUT2D eigenvalue weighted by Gasteiger charge is 2.38. The summed E-state index contributed by atoms with van der Waals surface area (Å²) < 4.78 is 6.79. The molecular weight excluding hydrogens is 603 g/mol. The van der Waals surface area contributed by atoms with Gasteiger partial charge in [0.15, 0.2) is 5.82 Å². The summed E-state index contributed by atoms with van der Waals surface area (Å²) in [6.45, 7) is 0.525. The summed E-state index contributed by atoms with van der Waals surface area (Å²) in [6, 6.07) is 6.73. The minimum Gasteiger partial charge on any atom is -0.480 e. The van der Waals surface area contributed by atoms with E-state index in [1.165, 1.54) is 41.3 Å². The van der Waals surface area contributed by atoms with Crippen LogP contribution in [0.1, 0.15) is 33.7 Å². The second kappa shape index (κ2) is 10.9. The lowest BCUT2D eigenvalue weighted by molar-refractivity contribution is -0.162. The first-order valence-corrected chi connectivity index (χ1v) is 13.1. The van der Waals surface area contributed by atoms with Crippen LogP contribution in [0.15, 0.2) is 41.0 Å². The van der Waals surface area contributed by atoms with E-state index < -0.39 is 17.9 Å². The van der Waals surface area contributed by atoms with Crippen molar-refractivity contribution in [2.75, 3.05) is 25.6 Å². The Balaban J connectivity index is 1.41. The third-order valence-electron chi connectivity index (χ3n) is 5.97. The summed E-state index contributed by atoms with van der Waals surface area (Å²) in [5, 5.41) is 11.5. The van der Waals surface area contributed by atoms with Gasteiger partial charge < -0.3 is 15.4 Å². The van der Waals surface area contributed by atoms with Gasteiger partial charge in [0.2, 0.25) is 5.88 Å². The number of hydrogen-bond acceptors (Lipinski definition) is 7. The lowest BCUT2D eigenvalue weighted by Crippen LogP contribution is -2.43. The van der Waals surface area contributed by atoms with Crippen LogP contribution < -0.4 is 15.4 Å². The Hall–Kier alpha value is -3.19. The highest BCUT2D eigenvalue weighted by atomic mass is 79.9. The highest BCUT2D eigenvalue weighted by Crippen LogP contribution is 2.33. The number of hydrogen-bond donors (Lipinski definition) is 2. The van der Waals surface area contributed by atoms with Gasteiger partial charge in [0, 0.05) is 21.8 Å². The lowest BCUT2D eigenvalue weighted by atomic mass is 10.1. The zero-order valence-corrected chi connectivity index (χ0v) is 23.0. The number of halogens is 3. The minimum atomic E-state index is -0.862. The van der Waals surface area contributed by atoms with Crippen molar-refractivity contribution in [3.05, 3.63) is 62.3 Å². The quantitative estimate of drug-likeness (QED) is 0.390. The molecule has 2 aromatic heterocycles. The first-order chi connectivity index (χ1) is 18.2. The number of nitrogens with zero attached hydrogens (tertiary/aromatic N) is 4. The van der Waals surface area contributed by atoms with Gasteiger partial charge in [0.1, 0.15) is 18.3 Å². The summed E-state index contributed by atoms with van der Waals surface area (Å²) in [5.41, 5.74) is 0.225. The molecule has 38 heavy (non-hydrogen) atoms. The summed E-state index contributed by atoms with van der Waals surface area (Å²) in [5.74, 6) is -0.757. The number of amides is 3. The van der Waals surface area contributed by atoms with Crippen LogP contribution in [0.5, 0.6) is 5.88 Å². The van der Waals surface area contributed by atoms with E-state index >= 15 is 0 Å². The van der Waals surface area contributed by atoms with Gasteiger partial charge in [-0.25, -0.2) is 14.7 Å². The summed E-state index contributed by atoms with van der Waals surface area (Å²) in [6.07, 6.45) is 3.62. The largest absolute Gasteiger partial charge is 0.480 e. The molecule has 3 aromatic rings. The number of pyridine rings is 1. The van der Waals surface area contributed by atoms with Crippen LogP contribution in [0, 0.1) is 5.92 Å². The second-order valence-corrected chi connectivity index (χ2v) is 10.4. The molecule has 2 N–H and O–H groups in total. The number of nitrogens with one attached hydrogen (secondary N) is 2. The maximum absolute atomic E-state index is 13.4. The molecule has 1 saturated carbocycles. The number of rotatable bonds is 8. The predicted molar refractivity (Wildman–Crippen MR) is 142 cm³/mol. The molecule has 3 amide bonds. The number of anilines is 1. The molecule has 2 fully saturated rings. The van der Waals surface area contributed by atoms with Gasteiger partial charge in [-0.3, -0.25) is 19.2 Å². The van der Waals surface area contributed by atoms with E-state index in [0.29, 0.717) is 16.9 Å². The Morgan fingerprint density at radius 2 is 2.03 bits per heavy atom. The zero-order valence-electron chi connectivity index (χ0n) is 19.9. The summed E-state index contributed by atoms with van der Waals surface area (Å²) in [7, 11) is 1.41. The Kier molecular flexibility index (Phi) is 7.57. The molecule has 5 rings (SSSR count). The Labute approximate surface area is 235 Å². The number of methoxy groups -OCH3 is 1. The molecule has 2 aliphatic rings. The normalized spacial score (nSPS) is 17.0. The van der Waals surface area contributed by atoms with Crippen LogP contribution in [0.2, 0.25) is 10.0 Å². The number of carbonyl (C=O) groups is 3. The van der Waals surface area contributed by atoms with Crippen molar-refractivity contribution in [2.45, 2.75) is 18.9 Å². The van der Waals surface area contributed by atoms with Crippen LogP contribution in [0.4, 0.5) is 5.69 Å². The first-order valence-electron chi connectivity index (χ1n) is 11.6. The standard InChI is InChI=1S/C24H21BrCl2N6O5/c1-37-19-9-18(33(31-19)21-16(27)3-2-6-28-21)23(35)30-20-14(7-13(26)8-15(20)25)22(34)29-17-11-38-32(24(17)36)10-12-4-5-12/h2-3,6-9,12,17H,4-5,10-11H2,1H3,(H,29,34)(H,30,35). The topological polar surface area (TPSA) is 128 Å². The Bertz CT molecular complexity index is 1430. The fourth-order valence-corrected chi connectivity index (χ4v) is 4.97. The van der Waals surface area contributed by atoms with E-state index in [1.54, 1.807) is 12.1 Å². The number of ether oxygens (including phenoxy) is 1. The minimum absolute atomic E-state index is 0.0184. The van der Waals surface area contributed by atoms with Gasteiger partial charge in [-0.05, 0) is 59.0 Å². The Morgan fingerprint density at radius 3 is 2.74 bits per heavy atom. The third-order valence-corrected chi connectivity index (χ3v) is 7.11. The van der Waals surface area contributed by atoms with Crippen molar-refractivity contribution >= 4 is 62.5 Å². The van der Waals surface area contributed by atoms with E-state index in [4.69, 9.17) is 32.8 Å². The molecule has 1 saturated heterocycles.